The maximum atomic E-state index is 11.2. The fourth-order valence-corrected chi connectivity index (χ4v) is 2.33. The van der Waals surface area contributed by atoms with Crippen LogP contribution in [0.4, 0.5) is 5.69 Å². The Labute approximate surface area is 130 Å². The SMILES string of the molecule is Cc1cc([N+](=O)[O-])c2nc(CCNCCN(C)C)ccc2c1. The second kappa shape index (κ2) is 7.29. The fourth-order valence-electron chi connectivity index (χ4n) is 2.33. The molecule has 6 heteroatoms. The molecule has 118 valence electrons. The lowest BCUT2D eigenvalue weighted by Gasteiger charge is -2.10. The molecular weight excluding hydrogens is 280 g/mol. The minimum atomic E-state index is -0.360. The van der Waals surface area contributed by atoms with Crippen LogP contribution in [0, 0.1) is 17.0 Å². The molecule has 0 amide bonds. The van der Waals surface area contributed by atoms with Crippen LogP contribution in [0.25, 0.3) is 10.9 Å². The van der Waals surface area contributed by atoms with Gasteiger partial charge in [-0.3, -0.25) is 10.1 Å². The van der Waals surface area contributed by atoms with Crippen LogP contribution in [-0.4, -0.2) is 48.5 Å². The molecule has 0 aliphatic rings. The Balaban J connectivity index is 2.11. The van der Waals surface area contributed by atoms with Crippen LogP contribution in [-0.2, 0) is 6.42 Å². The Bertz CT molecular complexity index is 670. The summed E-state index contributed by atoms with van der Waals surface area (Å²) in [7, 11) is 4.07. The molecule has 0 saturated heterocycles. The van der Waals surface area contributed by atoms with E-state index in [-0.39, 0.29) is 10.6 Å². The number of benzene rings is 1. The van der Waals surface area contributed by atoms with Gasteiger partial charge in [-0.25, -0.2) is 4.98 Å². The molecule has 0 fully saturated rings. The molecule has 0 atom stereocenters. The molecule has 0 saturated carbocycles. The maximum Gasteiger partial charge on any atom is 0.295 e. The Morgan fingerprint density at radius 1 is 1.27 bits per heavy atom. The van der Waals surface area contributed by atoms with Crippen LogP contribution in [0.5, 0.6) is 0 Å². The number of likely N-dealkylation sites (N-methyl/N-ethyl adjacent to an activating group) is 1. The zero-order valence-electron chi connectivity index (χ0n) is 13.3. The summed E-state index contributed by atoms with van der Waals surface area (Å²) in [5.74, 6) is 0. The van der Waals surface area contributed by atoms with Crippen molar-refractivity contribution in [3.8, 4) is 0 Å². The topological polar surface area (TPSA) is 71.3 Å². The van der Waals surface area contributed by atoms with Crippen molar-refractivity contribution >= 4 is 16.6 Å². The van der Waals surface area contributed by atoms with Crippen LogP contribution in [0.3, 0.4) is 0 Å². The molecule has 22 heavy (non-hydrogen) atoms. The van der Waals surface area contributed by atoms with Gasteiger partial charge in [0.25, 0.3) is 5.69 Å². The first-order chi connectivity index (χ1) is 10.5. The van der Waals surface area contributed by atoms with Crippen molar-refractivity contribution < 1.29 is 4.92 Å². The summed E-state index contributed by atoms with van der Waals surface area (Å²) in [6, 6.07) is 7.36. The van der Waals surface area contributed by atoms with Crippen LogP contribution in [0.15, 0.2) is 24.3 Å². The van der Waals surface area contributed by atoms with E-state index in [1.807, 2.05) is 39.2 Å². The third-order valence-corrected chi connectivity index (χ3v) is 3.46. The molecule has 1 heterocycles. The first kappa shape index (κ1) is 16.3. The molecule has 0 aliphatic carbocycles. The molecule has 0 unspecified atom stereocenters. The number of non-ortho nitro benzene ring substituents is 1. The summed E-state index contributed by atoms with van der Waals surface area (Å²) in [6.45, 7) is 4.57. The molecule has 1 N–H and O–H groups in total. The number of nitrogens with one attached hydrogen (secondary N) is 1. The van der Waals surface area contributed by atoms with Crippen LogP contribution in [0.1, 0.15) is 11.3 Å². The average molecular weight is 302 g/mol. The van der Waals surface area contributed by atoms with Crippen molar-refractivity contribution in [2.24, 2.45) is 0 Å². The first-order valence-electron chi connectivity index (χ1n) is 7.37. The van der Waals surface area contributed by atoms with Crippen molar-refractivity contribution in [1.29, 1.82) is 0 Å². The number of aromatic nitrogens is 1. The fraction of sp³-hybridized carbons (Fsp3) is 0.438. The smallest absolute Gasteiger partial charge is 0.295 e. The normalized spacial score (nSPS) is 11.3. The number of aryl methyl sites for hydroxylation is 1. The van der Waals surface area contributed by atoms with Crippen molar-refractivity contribution in [3.63, 3.8) is 0 Å². The van der Waals surface area contributed by atoms with Gasteiger partial charge in [-0.05, 0) is 38.7 Å². The Hall–Kier alpha value is -2.05. The van der Waals surface area contributed by atoms with Gasteiger partial charge in [0.05, 0.1) is 4.92 Å². The van der Waals surface area contributed by atoms with Crippen LogP contribution in [0.2, 0.25) is 0 Å². The lowest BCUT2D eigenvalue weighted by molar-refractivity contribution is -0.383. The predicted octanol–water partition coefficient (Wildman–Crippen LogP) is 2.15. The molecule has 0 aliphatic heterocycles. The second-order valence-electron chi connectivity index (χ2n) is 5.72. The molecule has 2 aromatic rings. The van der Waals surface area contributed by atoms with E-state index in [2.05, 4.69) is 15.2 Å². The number of hydrogen-bond acceptors (Lipinski definition) is 5. The summed E-state index contributed by atoms with van der Waals surface area (Å²) >= 11 is 0. The number of nitro groups is 1. The predicted molar refractivity (Wildman–Crippen MR) is 88.3 cm³/mol. The van der Waals surface area contributed by atoms with Crippen molar-refractivity contribution in [2.75, 3.05) is 33.7 Å². The van der Waals surface area contributed by atoms with Gasteiger partial charge in [0.1, 0.15) is 5.52 Å². The minimum absolute atomic E-state index is 0.0809. The molecule has 6 nitrogen and oxygen atoms in total. The molecule has 0 spiro atoms. The third kappa shape index (κ3) is 4.22. The molecule has 0 bridgehead atoms. The Morgan fingerprint density at radius 3 is 2.73 bits per heavy atom. The highest BCUT2D eigenvalue weighted by atomic mass is 16.6. The molecular formula is C16H22N4O2. The monoisotopic (exact) mass is 302 g/mol. The van der Waals surface area contributed by atoms with Gasteiger partial charge in [0.15, 0.2) is 0 Å². The number of fused-ring (bicyclic) bond motifs is 1. The van der Waals surface area contributed by atoms with E-state index in [9.17, 15) is 10.1 Å². The summed E-state index contributed by atoms with van der Waals surface area (Å²) < 4.78 is 0. The van der Waals surface area contributed by atoms with Gasteiger partial charge in [-0.15, -0.1) is 0 Å². The lowest BCUT2D eigenvalue weighted by Crippen LogP contribution is -2.28. The van der Waals surface area contributed by atoms with Crippen molar-refractivity contribution in [1.82, 2.24) is 15.2 Å². The zero-order valence-corrected chi connectivity index (χ0v) is 13.3. The first-order valence-corrected chi connectivity index (χ1v) is 7.37. The van der Waals surface area contributed by atoms with E-state index in [0.29, 0.717) is 5.52 Å². The zero-order chi connectivity index (χ0) is 16.1. The third-order valence-electron chi connectivity index (χ3n) is 3.46. The summed E-state index contributed by atoms with van der Waals surface area (Å²) in [5, 5.41) is 15.4. The number of nitrogens with zero attached hydrogens (tertiary/aromatic N) is 3. The van der Waals surface area contributed by atoms with Gasteiger partial charge in [0.2, 0.25) is 0 Å². The van der Waals surface area contributed by atoms with E-state index in [1.54, 1.807) is 6.07 Å². The highest BCUT2D eigenvalue weighted by molar-refractivity contribution is 5.88. The van der Waals surface area contributed by atoms with Crippen LogP contribution < -0.4 is 5.32 Å². The van der Waals surface area contributed by atoms with E-state index < -0.39 is 0 Å². The quantitative estimate of drug-likeness (QED) is 0.482. The average Bonchev–Trinajstić information content (AvgIpc) is 2.45. The highest BCUT2D eigenvalue weighted by Crippen LogP contribution is 2.25. The van der Waals surface area contributed by atoms with Gasteiger partial charge in [-0.2, -0.15) is 0 Å². The summed E-state index contributed by atoms with van der Waals surface area (Å²) in [4.78, 5) is 17.4. The molecule has 1 aromatic heterocycles. The number of rotatable bonds is 7. The van der Waals surface area contributed by atoms with E-state index in [0.717, 1.165) is 42.7 Å². The molecule has 0 radical (unpaired) electrons. The highest BCUT2D eigenvalue weighted by Gasteiger charge is 2.14. The van der Waals surface area contributed by atoms with Crippen molar-refractivity contribution in [2.45, 2.75) is 13.3 Å². The van der Waals surface area contributed by atoms with Gasteiger partial charge >= 0.3 is 0 Å². The van der Waals surface area contributed by atoms with E-state index in [4.69, 9.17) is 0 Å². The second-order valence-corrected chi connectivity index (χ2v) is 5.72. The molecule has 2 rings (SSSR count). The van der Waals surface area contributed by atoms with Crippen molar-refractivity contribution in [3.05, 3.63) is 45.6 Å². The Kier molecular flexibility index (Phi) is 5.41. The molecule has 1 aromatic carbocycles. The summed E-state index contributed by atoms with van der Waals surface area (Å²) in [6.07, 6.45) is 0.758. The summed E-state index contributed by atoms with van der Waals surface area (Å²) in [5.41, 5.74) is 2.30. The van der Waals surface area contributed by atoms with Gasteiger partial charge in [0, 0.05) is 43.2 Å². The van der Waals surface area contributed by atoms with Crippen LogP contribution >= 0.6 is 0 Å². The number of nitro benzene ring substituents is 1. The van der Waals surface area contributed by atoms with Gasteiger partial charge < -0.3 is 10.2 Å². The standard InChI is InChI=1S/C16H22N4O2/c1-12-10-13-4-5-14(6-7-17-8-9-19(2)3)18-16(13)15(11-12)20(21)22/h4-5,10-11,17H,6-9H2,1-3H3. The van der Waals surface area contributed by atoms with E-state index >= 15 is 0 Å². The maximum absolute atomic E-state index is 11.2. The lowest BCUT2D eigenvalue weighted by atomic mass is 10.1. The van der Waals surface area contributed by atoms with E-state index in [1.165, 1.54) is 0 Å². The van der Waals surface area contributed by atoms with Gasteiger partial charge in [-0.1, -0.05) is 6.07 Å². The largest absolute Gasteiger partial charge is 0.315 e. The number of hydrogen-bond donors (Lipinski definition) is 1. The number of pyridine rings is 1. The Morgan fingerprint density at radius 2 is 2.05 bits per heavy atom. The minimum Gasteiger partial charge on any atom is -0.315 e.